The maximum absolute atomic E-state index is 5.43. The molecule has 0 radical (unpaired) electrons. The van der Waals surface area contributed by atoms with Gasteiger partial charge in [-0.3, -0.25) is 4.90 Å². The van der Waals surface area contributed by atoms with Gasteiger partial charge in [-0.05, 0) is 17.2 Å². The van der Waals surface area contributed by atoms with Crippen LogP contribution < -0.4 is 4.74 Å². The second kappa shape index (κ2) is 9.59. The lowest BCUT2D eigenvalue weighted by molar-refractivity contribution is 0.286. The number of hydrogen-bond acceptors (Lipinski definition) is 2. The number of rotatable bonds is 8. The van der Waals surface area contributed by atoms with Gasteiger partial charge in [0.05, 0.1) is 7.11 Å². The minimum absolute atomic E-state index is 0.877. The van der Waals surface area contributed by atoms with Crippen molar-refractivity contribution in [1.29, 1.82) is 0 Å². The van der Waals surface area contributed by atoms with Gasteiger partial charge in [0.2, 0.25) is 0 Å². The zero-order valence-corrected chi connectivity index (χ0v) is 15.2. The van der Waals surface area contributed by atoms with Crippen LogP contribution in [0.1, 0.15) is 16.7 Å². The minimum Gasteiger partial charge on any atom is -0.496 e. The van der Waals surface area contributed by atoms with Crippen molar-refractivity contribution >= 4 is 6.08 Å². The van der Waals surface area contributed by atoms with Gasteiger partial charge >= 0.3 is 0 Å². The smallest absolute Gasteiger partial charge is 0.126 e. The molecule has 2 nitrogen and oxygen atoms in total. The van der Waals surface area contributed by atoms with Crippen molar-refractivity contribution < 1.29 is 4.74 Å². The third-order valence-corrected chi connectivity index (χ3v) is 4.30. The van der Waals surface area contributed by atoms with Gasteiger partial charge < -0.3 is 4.74 Å². The number of para-hydroxylation sites is 1. The largest absolute Gasteiger partial charge is 0.496 e. The van der Waals surface area contributed by atoms with Gasteiger partial charge in [-0.25, -0.2) is 0 Å². The summed E-state index contributed by atoms with van der Waals surface area (Å²) in [7, 11) is 1.71. The fourth-order valence-electron chi connectivity index (χ4n) is 3.00. The van der Waals surface area contributed by atoms with Crippen molar-refractivity contribution in [3.05, 3.63) is 108 Å². The van der Waals surface area contributed by atoms with Crippen molar-refractivity contribution in [1.82, 2.24) is 4.90 Å². The van der Waals surface area contributed by atoms with E-state index < -0.39 is 0 Å². The van der Waals surface area contributed by atoms with Gasteiger partial charge in [-0.1, -0.05) is 91.0 Å². The molecule has 0 saturated carbocycles. The normalized spacial score (nSPS) is 11.2. The molecule has 0 spiro atoms. The molecule has 0 saturated heterocycles. The topological polar surface area (TPSA) is 12.5 Å². The Kier molecular flexibility index (Phi) is 6.63. The van der Waals surface area contributed by atoms with Gasteiger partial charge in [0.15, 0.2) is 0 Å². The highest BCUT2D eigenvalue weighted by atomic mass is 16.5. The van der Waals surface area contributed by atoms with Crippen LogP contribution in [0.2, 0.25) is 0 Å². The molecular formula is C24H25NO. The van der Waals surface area contributed by atoms with Gasteiger partial charge in [-0.15, -0.1) is 0 Å². The van der Waals surface area contributed by atoms with Gasteiger partial charge in [-0.2, -0.15) is 0 Å². The number of nitrogens with zero attached hydrogens (tertiary/aromatic N) is 1. The quantitative estimate of drug-likeness (QED) is 0.542. The van der Waals surface area contributed by atoms with E-state index in [-0.39, 0.29) is 0 Å². The highest BCUT2D eigenvalue weighted by Gasteiger charge is 2.06. The third kappa shape index (κ3) is 5.33. The molecule has 0 aliphatic carbocycles. The zero-order chi connectivity index (χ0) is 18.0. The van der Waals surface area contributed by atoms with E-state index in [4.69, 9.17) is 4.74 Å². The van der Waals surface area contributed by atoms with E-state index in [0.29, 0.717) is 0 Å². The molecule has 2 heteroatoms. The summed E-state index contributed by atoms with van der Waals surface area (Å²) in [6.07, 6.45) is 4.35. The molecule has 26 heavy (non-hydrogen) atoms. The van der Waals surface area contributed by atoms with Crippen molar-refractivity contribution in [3.8, 4) is 5.75 Å². The van der Waals surface area contributed by atoms with Crippen LogP contribution in [0.15, 0.2) is 91.0 Å². The predicted octanol–water partition coefficient (Wildman–Crippen LogP) is 5.41. The molecule has 3 aromatic rings. The predicted molar refractivity (Wildman–Crippen MR) is 109 cm³/mol. The van der Waals surface area contributed by atoms with Crippen LogP contribution >= 0.6 is 0 Å². The van der Waals surface area contributed by atoms with Gasteiger partial charge in [0.25, 0.3) is 0 Å². The molecule has 132 valence electrons. The Morgan fingerprint density at radius 2 is 1.27 bits per heavy atom. The molecule has 0 fully saturated rings. The first kappa shape index (κ1) is 18.0. The Morgan fingerprint density at radius 1 is 0.731 bits per heavy atom. The van der Waals surface area contributed by atoms with Gasteiger partial charge in [0.1, 0.15) is 5.75 Å². The number of benzene rings is 3. The van der Waals surface area contributed by atoms with E-state index in [1.165, 1.54) is 11.1 Å². The zero-order valence-electron chi connectivity index (χ0n) is 15.2. The first-order valence-electron chi connectivity index (χ1n) is 8.95. The highest BCUT2D eigenvalue weighted by Crippen LogP contribution is 2.19. The molecule has 3 aromatic carbocycles. The molecule has 0 aliphatic heterocycles. The molecule has 0 bridgehead atoms. The lowest BCUT2D eigenvalue weighted by atomic mass is 10.1. The van der Waals surface area contributed by atoms with E-state index >= 15 is 0 Å². The Balaban J connectivity index is 1.71. The molecule has 0 aromatic heterocycles. The lowest BCUT2D eigenvalue weighted by Gasteiger charge is -2.21. The Bertz CT molecular complexity index is 770. The summed E-state index contributed by atoms with van der Waals surface area (Å²) in [5, 5.41) is 0. The van der Waals surface area contributed by atoms with Crippen molar-refractivity contribution in [2.75, 3.05) is 13.7 Å². The van der Waals surface area contributed by atoms with E-state index in [2.05, 4.69) is 83.8 Å². The summed E-state index contributed by atoms with van der Waals surface area (Å²) in [6.45, 7) is 2.72. The van der Waals surface area contributed by atoms with Crippen LogP contribution in [0, 0.1) is 0 Å². The molecule has 0 N–H and O–H groups in total. The summed E-state index contributed by atoms with van der Waals surface area (Å²) < 4.78 is 5.43. The van der Waals surface area contributed by atoms with E-state index in [0.717, 1.165) is 30.9 Å². The molecule has 0 unspecified atom stereocenters. The first-order valence-corrected chi connectivity index (χ1v) is 8.95. The average molecular weight is 343 g/mol. The molecule has 0 atom stereocenters. The fourth-order valence-corrected chi connectivity index (χ4v) is 3.00. The van der Waals surface area contributed by atoms with E-state index in [1.807, 2.05) is 18.2 Å². The van der Waals surface area contributed by atoms with Crippen LogP contribution in [0.5, 0.6) is 5.75 Å². The Labute approximate surface area is 156 Å². The van der Waals surface area contributed by atoms with Crippen LogP contribution in [-0.2, 0) is 13.1 Å². The fraction of sp³-hybridized carbons (Fsp3) is 0.167. The Morgan fingerprint density at radius 3 is 1.85 bits per heavy atom. The van der Waals surface area contributed by atoms with Crippen molar-refractivity contribution in [2.24, 2.45) is 0 Å². The highest BCUT2D eigenvalue weighted by molar-refractivity contribution is 5.57. The summed E-state index contributed by atoms with van der Waals surface area (Å²) in [5.41, 5.74) is 3.76. The second-order valence-electron chi connectivity index (χ2n) is 6.29. The number of hydrogen-bond donors (Lipinski definition) is 0. The Hall–Kier alpha value is -2.84. The number of ether oxygens (including phenoxy) is 1. The maximum Gasteiger partial charge on any atom is 0.126 e. The van der Waals surface area contributed by atoms with Crippen molar-refractivity contribution in [2.45, 2.75) is 13.1 Å². The molecule has 0 heterocycles. The summed E-state index contributed by atoms with van der Waals surface area (Å²) in [6, 6.07) is 29.3. The third-order valence-electron chi connectivity index (χ3n) is 4.30. The van der Waals surface area contributed by atoms with Crippen LogP contribution in [0.3, 0.4) is 0 Å². The molecule has 3 rings (SSSR count). The van der Waals surface area contributed by atoms with Crippen molar-refractivity contribution in [3.63, 3.8) is 0 Å². The summed E-state index contributed by atoms with van der Waals surface area (Å²) in [4.78, 5) is 2.44. The SMILES string of the molecule is COc1ccccc1C=CCN(Cc1ccccc1)Cc1ccccc1. The summed E-state index contributed by atoms with van der Waals surface area (Å²) in [5.74, 6) is 0.904. The van der Waals surface area contributed by atoms with Crippen LogP contribution in [0.4, 0.5) is 0 Å². The van der Waals surface area contributed by atoms with E-state index in [1.54, 1.807) is 7.11 Å². The average Bonchev–Trinajstić information content (AvgIpc) is 2.70. The minimum atomic E-state index is 0.877. The maximum atomic E-state index is 5.43. The van der Waals surface area contributed by atoms with Crippen LogP contribution in [-0.4, -0.2) is 18.6 Å². The van der Waals surface area contributed by atoms with E-state index in [9.17, 15) is 0 Å². The monoisotopic (exact) mass is 343 g/mol. The van der Waals surface area contributed by atoms with Crippen LogP contribution in [0.25, 0.3) is 6.08 Å². The molecule has 0 amide bonds. The molecule has 0 aliphatic rings. The molecular weight excluding hydrogens is 318 g/mol. The summed E-state index contributed by atoms with van der Waals surface area (Å²) >= 11 is 0. The lowest BCUT2D eigenvalue weighted by Crippen LogP contribution is -2.22. The first-order chi connectivity index (χ1) is 12.8. The second-order valence-corrected chi connectivity index (χ2v) is 6.29. The van der Waals surface area contributed by atoms with Gasteiger partial charge in [0, 0.05) is 25.2 Å². The number of methoxy groups -OCH3 is 1. The standard InChI is InChI=1S/C24H25NO/c1-26-24-17-9-8-15-23(24)16-10-18-25(19-21-11-4-2-5-12-21)20-22-13-6-3-7-14-22/h2-17H,18-20H2,1H3.